The van der Waals surface area contributed by atoms with Crippen molar-refractivity contribution >= 4 is 34.2 Å². The fourth-order valence-electron chi connectivity index (χ4n) is 5.00. The Labute approximate surface area is 215 Å². The number of amides is 1. The molecule has 2 atom stereocenters. The number of para-hydroxylation sites is 2. The molecule has 2 heterocycles. The van der Waals surface area contributed by atoms with Crippen LogP contribution in [0.5, 0.6) is 5.75 Å². The highest BCUT2D eigenvalue weighted by molar-refractivity contribution is 6.33. The molecular formula is C26H34ClN5O4. The van der Waals surface area contributed by atoms with Gasteiger partial charge < -0.3 is 25.4 Å². The number of nitrogens with zero attached hydrogens (tertiary/aromatic N) is 3. The Morgan fingerprint density at radius 2 is 1.89 bits per heavy atom. The van der Waals surface area contributed by atoms with Crippen LogP contribution >= 0.6 is 11.6 Å². The zero-order chi connectivity index (χ0) is 25.8. The van der Waals surface area contributed by atoms with Crippen LogP contribution in [-0.2, 0) is 17.8 Å². The molecule has 0 aliphatic carbocycles. The van der Waals surface area contributed by atoms with Crippen LogP contribution in [0.1, 0.15) is 30.1 Å². The Hall–Kier alpha value is -3.01. The molecule has 1 aliphatic heterocycles. The van der Waals surface area contributed by atoms with Crippen LogP contribution in [0, 0.1) is 0 Å². The lowest BCUT2D eigenvalue weighted by Gasteiger charge is -2.38. The summed E-state index contributed by atoms with van der Waals surface area (Å²) < 4.78 is 14.7. The molecule has 1 saturated heterocycles. The Morgan fingerprint density at radius 1 is 1.17 bits per heavy atom. The second-order valence-electron chi connectivity index (χ2n) is 9.04. The molecule has 3 aromatic rings. The first kappa shape index (κ1) is 26.1. The summed E-state index contributed by atoms with van der Waals surface area (Å²) in [6, 6.07) is 10.9. The third-order valence-electron chi connectivity index (χ3n) is 6.92. The van der Waals surface area contributed by atoms with E-state index in [4.69, 9.17) is 26.8 Å². The summed E-state index contributed by atoms with van der Waals surface area (Å²) >= 11 is 6.13. The lowest BCUT2D eigenvalue weighted by atomic mass is 10.0. The molecule has 0 saturated carbocycles. The highest BCUT2D eigenvalue weighted by atomic mass is 35.5. The molecule has 0 radical (unpaired) electrons. The zero-order valence-corrected chi connectivity index (χ0v) is 21.8. The molecule has 2 aromatic carbocycles. The summed E-state index contributed by atoms with van der Waals surface area (Å²) in [5.41, 5.74) is 8.51. The standard InChI is InChI=1S/C26H34ClN5O4/c1-4-31-21-8-5-6-9-22(21)32(26(31)34)12-7-11-30-13-10-20(24(16-30)36-3)29-25(33)17-14-18(27)19(28)15-23(17)35-2/h5-6,8-9,14-15,20,24H,4,7,10-13,16,28H2,1-3H3,(H,29,33)/t20-,24+/m1/s1. The smallest absolute Gasteiger partial charge is 0.329 e. The quantitative estimate of drug-likeness (QED) is 0.425. The minimum atomic E-state index is -0.277. The van der Waals surface area contributed by atoms with E-state index >= 15 is 0 Å². The van der Waals surface area contributed by atoms with Crippen molar-refractivity contribution in [2.24, 2.45) is 0 Å². The number of carbonyl (C=O) groups is 1. The molecule has 0 bridgehead atoms. The van der Waals surface area contributed by atoms with Gasteiger partial charge in [-0.15, -0.1) is 0 Å². The van der Waals surface area contributed by atoms with Crippen molar-refractivity contribution in [3.8, 4) is 5.75 Å². The molecule has 9 nitrogen and oxygen atoms in total. The number of rotatable bonds is 9. The van der Waals surface area contributed by atoms with Crippen LogP contribution in [0.15, 0.2) is 41.2 Å². The lowest BCUT2D eigenvalue weighted by molar-refractivity contribution is 0.00585. The number of piperidine rings is 1. The fraction of sp³-hybridized carbons (Fsp3) is 0.462. The first-order chi connectivity index (χ1) is 17.4. The molecule has 36 heavy (non-hydrogen) atoms. The number of fused-ring (bicyclic) bond motifs is 1. The second kappa shape index (κ2) is 11.4. The molecule has 194 valence electrons. The monoisotopic (exact) mass is 515 g/mol. The molecule has 0 unspecified atom stereocenters. The van der Waals surface area contributed by atoms with E-state index in [0.717, 1.165) is 37.0 Å². The maximum absolute atomic E-state index is 13.0. The number of aromatic nitrogens is 2. The number of halogens is 1. The highest BCUT2D eigenvalue weighted by Crippen LogP contribution is 2.29. The second-order valence-corrected chi connectivity index (χ2v) is 9.45. The molecule has 1 aliphatic rings. The largest absolute Gasteiger partial charge is 0.496 e. The predicted molar refractivity (Wildman–Crippen MR) is 142 cm³/mol. The van der Waals surface area contributed by atoms with Gasteiger partial charge in [-0.25, -0.2) is 4.79 Å². The molecule has 4 rings (SSSR count). The number of imidazole rings is 1. The van der Waals surface area contributed by atoms with Gasteiger partial charge in [-0.3, -0.25) is 13.9 Å². The Bertz CT molecular complexity index is 1290. The van der Waals surface area contributed by atoms with E-state index in [1.54, 1.807) is 13.2 Å². The molecule has 10 heteroatoms. The van der Waals surface area contributed by atoms with E-state index in [9.17, 15) is 9.59 Å². The number of carbonyl (C=O) groups excluding carboxylic acids is 1. The number of likely N-dealkylation sites (tertiary alicyclic amines) is 1. The minimum absolute atomic E-state index is 0.0353. The normalized spacial score (nSPS) is 18.4. The molecule has 0 spiro atoms. The van der Waals surface area contributed by atoms with E-state index in [1.165, 1.54) is 13.2 Å². The van der Waals surface area contributed by atoms with E-state index in [0.29, 0.717) is 41.7 Å². The zero-order valence-electron chi connectivity index (χ0n) is 21.0. The minimum Gasteiger partial charge on any atom is -0.496 e. The van der Waals surface area contributed by atoms with Crippen molar-refractivity contribution in [1.29, 1.82) is 0 Å². The van der Waals surface area contributed by atoms with Gasteiger partial charge in [0, 0.05) is 39.4 Å². The topological polar surface area (TPSA) is 104 Å². The van der Waals surface area contributed by atoms with Gasteiger partial charge in [-0.2, -0.15) is 0 Å². The molecule has 3 N–H and O–H groups in total. The van der Waals surface area contributed by atoms with Crippen LogP contribution in [0.25, 0.3) is 11.0 Å². The predicted octanol–water partition coefficient (Wildman–Crippen LogP) is 2.98. The summed E-state index contributed by atoms with van der Waals surface area (Å²) in [6.45, 7) is 5.63. The first-order valence-electron chi connectivity index (χ1n) is 12.2. The first-order valence-corrected chi connectivity index (χ1v) is 12.6. The molecule has 1 fully saturated rings. The van der Waals surface area contributed by atoms with Gasteiger partial charge in [0.1, 0.15) is 5.75 Å². The van der Waals surface area contributed by atoms with Crippen molar-refractivity contribution in [1.82, 2.24) is 19.4 Å². The Morgan fingerprint density at radius 3 is 2.56 bits per heavy atom. The summed E-state index contributed by atoms with van der Waals surface area (Å²) in [5.74, 6) is 0.0985. The van der Waals surface area contributed by atoms with Crippen LogP contribution in [-0.4, -0.2) is 65.9 Å². The fourth-order valence-corrected chi connectivity index (χ4v) is 5.16. The number of hydrogen-bond acceptors (Lipinski definition) is 6. The summed E-state index contributed by atoms with van der Waals surface area (Å²) in [5, 5.41) is 3.38. The van der Waals surface area contributed by atoms with E-state index < -0.39 is 0 Å². The number of hydrogen-bond donors (Lipinski definition) is 2. The maximum Gasteiger partial charge on any atom is 0.329 e. The van der Waals surface area contributed by atoms with Gasteiger partial charge in [0.2, 0.25) is 0 Å². The average Bonchev–Trinajstić information content (AvgIpc) is 3.16. The maximum atomic E-state index is 13.0. The number of anilines is 1. The van der Waals surface area contributed by atoms with Gasteiger partial charge in [-0.1, -0.05) is 23.7 Å². The third kappa shape index (κ3) is 5.23. The van der Waals surface area contributed by atoms with E-state index in [2.05, 4.69) is 10.2 Å². The van der Waals surface area contributed by atoms with Crippen molar-refractivity contribution in [3.05, 3.63) is 57.5 Å². The third-order valence-corrected chi connectivity index (χ3v) is 7.25. The van der Waals surface area contributed by atoms with Gasteiger partial charge >= 0.3 is 5.69 Å². The summed E-state index contributed by atoms with van der Waals surface area (Å²) in [7, 11) is 3.15. The Balaban J connectivity index is 1.36. The number of ether oxygens (including phenoxy) is 2. The van der Waals surface area contributed by atoms with Gasteiger partial charge in [0.05, 0.1) is 46.6 Å². The van der Waals surface area contributed by atoms with Gasteiger partial charge in [0.15, 0.2) is 0 Å². The van der Waals surface area contributed by atoms with Crippen LogP contribution < -0.4 is 21.5 Å². The SMILES string of the molecule is CCn1c(=O)n(CCCN2CC[C@@H](NC(=O)c3cc(Cl)c(N)cc3OC)[C@@H](OC)C2)c2ccccc21. The van der Waals surface area contributed by atoms with Crippen LogP contribution in [0.3, 0.4) is 0 Å². The molecule has 1 amide bonds. The number of methoxy groups -OCH3 is 2. The van der Waals surface area contributed by atoms with Crippen molar-refractivity contribution in [2.45, 2.75) is 45.0 Å². The number of nitrogen functional groups attached to an aromatic ring is 1. The highest BCUT2D eigenvalue weighted by Gasteiger charge is 2.31. The Kier molecular flexibility index (Phi) is 8.23. The van der Waals surface area contributed by atoms with Gasteiger partial charge in [-0.05, 0) is 44.5 Å². The van der Waals surface area contributed by atoms with Crippen molar-refractivity contribution in [3.63, 3.8) is 0 Å². The van der Waals surface area contributed by atoms with Crippen LogP contribution in [0.2, 0.25) is 5.02 Å². The van der Waals surface area contributed by atoms with E-state index in [1.807, 2.05) is 40.3 Å². The van der Waals surface area contributed by atoms with Crippen molar-refractivity contribution < 1.29 is 14.3 Å². The summed E-state index contributed by atoms with van der Waals surface area (Å²) in [6.07, 6.45) is 1.42. The average molecular weight is 516 g/mol. The molecule has 1 aromatic heterocycles. The lowest BCUT2D eigenvalue weighted by Crippen LogP contribution is -2.55. The number of nitrogens with one attached hydrogen (secondary N) is 1. The summed E-state index contributed by atoms with van der Waals surface area (Å²) in [4.78, 5) is 28.2. The van der Waals surface area contributed by atoms with Gasteiger partial charge in [0.25, 0.3) is 5.91 Å². The van der Waals surface area contributed by atoms with Crippen molar-refractivity contribution in [2.75, 3.05) is 39.6 Å². The number of nitrogens with two attached hydrogens (primary N) is 1. The number of benzene rings is 2. The number of aryl methyl sites for hydroxylation is 2. The van der Waals surface area contributed by atoms with E-state index in [-0.39, 0.29) is 23.7 Å². The van der Waals surface area contributed by atoms with Crippen LogP contribution in [0.4, 0.5) is 5.69 Å². The molecular weight excluding hydrogens is 482 g/mol.